The lowest BCUT2D eigenvalue weighted by Gasteiger charge is -2.17. The highest BCUT2D eigenvalue weighted by Crippen LogP contribution is 2.35. The zero-order valence-corrected chi connectivity index (χ0v) is 21.2. The Morgan fingerprint density at radius 1 is 0.771 bits per heavy atom. The largest absolute Gasteiger partial charge is 0.491 e. The van der Waals surface area contributed by atoms with E-state index in [1.807, 2.05) is 94.4 Å². The Labute approximate surface area is 207 Å². The minimum atomic E-state index is -0.372. The van der Waals surface area contributed by atoms with Gasteiger partial charge in [0.1, 0.15) is 11.4 Å². The molecule has 0 saturated heterocycles. The van der Waals surface area contributed by atoms with Crippen molar-refractivity contribution in [2.24, 2.45) is 0 Å². The van der Waals surface area contributed by atoms with Crippen LogP contribution in [0.2, 0.25) is 0 Å². The number of hydrogen-bond donors (Lipinski definition) is 1. The van der Waals surface area contributed by atoms with Crippen molar-refractivity contribution in [3.05, 3.63) is 94.7 Å². The first-order valence-electron chi connectivity index (χ1n) is 12.0. The molecular formula is C30H32N2O3. The molecule has 180 valence electrons. The Bertz CT molecular complexity index is 1290. The molecule has 0 saturated carbocycles. The Hall–Kier alpha value is -3.86. The van der Waals surface area contributed by atoms with Gasteiger partial charge in [0.15, 0.2) is 0 Å². The summed E-state index contributed by atoms with van der Waals surface area (Å²) in [5.74, 6) is 0.397. The Morgan fingerprint density at radius 3 is 2.00 bits per heavy atom. The molecule has 0 spiro atoms. The van der Waals surface area contributed by atoms with E-state index in [4.69, 9.17) is 4.74 Å². The van der Waals surface area contributed by atoms with Crippen LogP contribution in [0, 0.1) is 13.8 Å². The van der Waals surface area contributed by atoms with Gasteiger partial charge in [-0.1, -0.05) is 44.2 Å². The molecule has 0 fully saturated rings. The van der Waals surface area contributed by atoms with Crippen LogP contribution < -0.4 is 15.0 Å². The maximum Gasteiger partial charge on any atom is 0.282 e. The average molecular weight is 469 g/mol. The van der Waals surface area contributed by atoms with Crippen molar-refractivity contribution in [2.75, 3.05) is 10.2 Å². The van der Waals surface area contributed by atoms with E-state index in [0.717, 1.165) is 28.0 Å². The molecule has 4 rings (SSSR count). The molecule has 0 aliphatic carbocycles. The SMILES string of the molecule is Cc1ccc(C2=C(Nc3ccc(OC(C)C)cc3)C(=O)N(c3ccc(C(C)C)cc3)C2=O)cc1C. The monoisotopic (exact) mass is 468 g/mol. The second-order valence-electron chi connectivity index (χ2n) is 9.56. The smallest absolute Gasteiger partial charge is 0.282 e. The van der Waals surface area contributed by atoms with Crippen LogP contribution in [0.5, 0.6) is 5.75 Å². The number of carbonyl (C=O) groups is 2. The fraction of sp³-hybridized carbons (Fsp3) is 0.267. The Kier molecular flexibility index (Phi) is 6.79. The van der Waals surface area contributed by atoms with Gasteiger partial charge in [0.05, 0.1) is 17.4 Å². The standard InChI is InChI=1S/C30H32N2O3/c1-18(2)22-9-13-25(14-10-22)32-29(33)27(23-8-7-20(5)21(6)17-23)28(30(32)34)31-24-11-15-26(16-12-24)35-19(3)4/h7-19,31H,1-6H3. The van der Waals surface area contributed by atoms with Crippen LogP contribution in [-0.2, 0) is 9.59 Å². The molecule has 1 aliphatic heterocycles. The zero-order valence-electron chi connectivity index (χ0n) is 21.2. The molecule has 0 bridgehead atoms. The molecule has 3 aromatic carbocycles. The molecule has 0 aromatic heterocycles. The third-order valence-corrected chi connectivity index (χ3v) is 6.19. The summed E-state index contributed by atoms with van der Waals surface area (Å²) in [5, 5.41) is 3.23. The van der Waals surface area contributed by atoms with Gasteiger partial charge in [-0.05, 0) is 92.3 Å². The van der Waals surface area contributed by atoms with E-state index >= 15 is 0 Å². The van der Waals surface area contributed by atoms with Crippen LogP contribution >= 0.6 is 0 Å². The number of imide groups is 1. The summed E-state index contributed by atoms with van der Waals surface area (Å²) in [6.07, 6.45) is 0.0672. The molecule has 1 aliphatic rings. The number of hydrogen-bond acceptors (Lipinski definition) is 4. The molecule has 0 radical (unpaired) electrons. The summed E-state index contributed by atoms with van der Waals surface area (Å²) < 4.78 is 5.72. The number of benzene rings is 3. The number of rotatable bonds is 7. The van der Waals surface area contributed by atoms with Crippen molar-refractivity contribution >= 4 is 28.8 Å². The van der Waals surface area contributed by atoms with Gasteiger partial charge in [0.25, 0.3) is 11.8 Å². The third kappa shape index (κ3) is 4.99. The first kappa shape index (κ1) is 24.3. The van der Waals surface area contributed by atoms with Crippen LogP contribution in [0.4, 0.5) is 11.4 Å². The number of nitrogens with one attached hydrogen (secondary N) is 1. The van der Waals surface area contributed by atoms with Gasteiger partial charge < -0.3 is 10.1 Å². The number of ether oxygens (including phenoxy) is 1. The van der Waals surface area contributed by atoms with Crippen molar-refractivity contribution < 1.29 is 14.3 Å². The van der Waals surface area contributed by atoms with E-state index in [1.54, 1.807) is 0 Å². The Balaban J connectivity index is 1.74. The minimum absolute atomic E-state index is 0.0672. The van der Waals surface area contributed by atoms with Gasteiger partial charge in [-0.2, -0.15) is 0 Å². The lowest BCUT2D eigenvalue weighted by molar-refractivity contribution is -0.120. The maximum atomic E-state index is 13.7. The average Bonchev–Trinajstić information content (AvgIpc) is 3.06. The molecule has 1 heterocycles. The number of nitrogens with zero attached hydrogens (tertiary/aromatic N) is 1. The van der Waals surface area contributed by atoms with Crippen molar-refractivity contribution in [3.8, 4) is 5.75 Å². The van der Waals surface area contributed by atoms with Crippen molar-refractivity contribution in [1.82, 2.24) is 0 Å². The van der Waals surface area contributed by atoms with E-state index in [0.29, 0.717) is 22.9 Å². The topological polar surface area (TPSA) is 58.6 Å². The van der Waals surface area contributed by atoms with Gasteiger partial charge in [-0.15, -0.1) is 0 Å². The second-order valence-corrected chi connectivity index (χ2v) is 9.56. The van der Waals surface area contributed by atoms with E-state index < -0.39 is 0 Å². The summed E-state index contributed by atoms with van der Waals surface area (Å²) in [4.78, 5) is 28.6. The lowest BCUT2D eigenvalue weighted by atomic mass is 9.99. The van der Waals surface area contributed by atoms with Crippen LogP contribution in [0.3, 0.4) is 0 Å². The van der Waals surface area contributed by atoms with Gasteiger partial charge in [0.2, 0.25) is 0 Å². The van der Waals surface area contributed by atoms with Gasteiger partial charge in [-0.25, -0.2) is 4.90 Å². The summed E-state index contributed by atoms with van der Waals surface area (Å²) in [5.41, 5.74) is 5.95. The van der Waals surface area contributed by atoms with Crippen molar-refractivity contribution in [3.63, 3.8) is 0 Å². The Morgan fingerprint density at radius 2 is 1.43 bits per heavy atom. The lowest BCUT2D eigenvalue weighted by Crippen LogP contribution is -2.32. The van der Waals surface area contributed by atoms with Crippen LogP contribution in [-0.4, -0.2) is 17.9 Å². The highest BCUT2D eigenvalue weighted by atomic mass is 16.5. The van der Waals surface area contributed by atoms with Crippen LogP contribution in [0.25, 0.3) is 5.57 Å². The molecule has 5 nitrogen and oxygen atoms in total. The molecule has 0 unspecified atom stereocenters. The van der Waals surface area contributed by atoms with E-state index in [1.165, 1.54) is 4.90 Å². The first-order chi connectivity index (χ1) is 16.7. The number of carbonyl (C=O) groups excluding carboxylic acids is 2. The predicted molar refractivity (Wildman–Crippen MR) is 142 cm³/mol. The zero-order chi connectivity index (χ0) is 25.3. The second kappa shape index (κ2) is 9.79. The number of aryl methyl sites for hydroxylation is 2. The molecule has 0 atom stereocenters. The first-order valence-corrected chi connectivity index (χ1v) is 12.0. The van der Waals surface area contributed by atoms with E-state index in [2.05, 4.69) is 19.2 Å². The molecule has 2 amide bonds. The van der Waals surface area contributed by atoms with Crippen LogP contribution in [0.15, 0.2) is 72.4 Å². The third-order valence-electron chi connectivity index (χ3n) is 6.19. The summed E-state index contributed by atoms with van der Waals surface area (Å²) in [7, 11) is 0. The van der Waals surface area contributed by atoms with Gasteiger partial charge >= 0.3 is 0 Å². The quantitative estimate of drug-likeness (QED) is 0.396. The highest BCUT2D eigenvalue weighted by Gasteiger charge is 2.40. The maximum absolute atomic E-state index is 13.7. The normalized spacial score (nSPS) is 13.9. The molecular weight excluding hydrogens is 436 g/mol. The van der Waals surface area contributed by atoms with Gasteiger partial charge in [0, 0.05) is 5.69 Å². The van der Waals surface area contributed by atoms with E-state index in [-0.39, 0.29) is 23.6 Å². The summed E-state index contributed by atoms with van der Waals surface area (Å²) >= 11 is 0. The molecule has 3 aromatic rings. The predicted octanol–water partition coefficient (Wildman–Crippen LogP) is 6.61. The van der Waals surface area contributed by atoms with Crippen molar-refractivity contribution in [1.29, 1.82) is 0 Å². The molecule has 1 N–H and O–H groups in total. The van der Waals surface area contributed by atoms with Gasteiger partial charge in [-0.3, -0.25) is 9.59 Å². The summed E-state index contributed by atoms with van der Waals surface area (Å²) in [6.45, 7) is 12.2. The highest BCUT2D eigenvalue weighted by molar-refractivity contribution is 6.46. The fourth-order valence-electron chi connectivity index (χ4n) is 4.09. The summed E-state index contributed by atoms with van der Waals surface area (Å²) in [6, 6.07) is 20.8. The van der Waals surface area contributed by atoms with Crippen LogP contribution in [0.1, 0.15) is 55.9 Å². The molecule has 5 heteroatoms. The number of amides is 2. The number of anilines is 2. The van der Waals surface area contributed by atoms with Crippen molar-refractivity contribution in [2.45, 2.75) is 53.6 Å². The fourth-order valence-corrected chi connectivity index (χ4v) is 4.09. The molecule has 35 heavy (non-hydrogen) atoms. The van der Waals surface area contributed by atoms with E-state index in [9.17, 15) is 9.59 Å². The minimum Gasteiger partial charge on any atom is -0.491 e.